The van der Waals surface area contributed by atoms with Crippen molar-refractivity contribution in [3.05, 3.63) is 52.0 Å². The monoisotopic (exact) mass is 1060 g/mol. The number of aromatic carboxylic acids is 1. The van der Waals surface area contributed by atoms with Gasteiger partial charge in [-0.15, -0.1) is 0 Å². The topological polar surface area (TPSA) is 247 Å². The van der Waals surface area contributed by atoms with Crippen molar-refractivity contribution >= 4 is 22.8 Å². The van der Waals surface area contributed by atoms with Gasteiger partial charge in [0.1, 0.15) is 54.5 Å². The van der Waals surface area contributed by atoms with Crippen molar-refractivity contribution in [2.45, 2.75) is 198 Å². The summed E-state index contributed by atoms with van der Waals surface area (Å²) in [6, 6.07) is 2.64. The summed E-state index contributed by atoms with van der Waals surface area (Å²) in [6.07, 6.45) is -3.18. The van der Waals surface area contributed by atoms with Crippen LogP contribution < -0.4 is 10.2 Å². The number of rotatable bonds is 15. The van der Waals surface area contributed by atoms with E-state index in [1.807, 2.05) is 71.6 Å². The Bertz CT molecular complexity index is 2340. The van der Waals surface area contributed by atoms with Crippen molar-refractivity contribution in [1.29, 1.82) is 0 Å². The molecule has 0 saturated carbocycles. The van der Waals surface area contributed by atoms with Crippen molar-refractivity contribution in [3.63, 3.8) is 0 Å². The van der Waals surface area contributed by atoms with Gasteiger partial charge in [0.25, 0.3) is 0 Å². The Kier molecular flexibility index (Phi) is 20.1. The van der Waals surface area contributed by atoms with E-state index in [1.165, 1.54) is 19.4 Å². The Morgan fingerprint density at radius 3 is 2.33 bits per heavy atom. The summed E-state index contributed by atoms with van der Waals surface area (Å²) >= 11 is 0. The minimum Gasteiger partial charge on any atom is -0.499 e. The number of esters is 1. The van der Waals surface area contributed by atoms with Crippen LogP contribution in [-0.4, -0.2) is 197 Å². The Labute approximate surface area is 442 Å². The number of likely N-dealkylation sites (N-methyl/N-ethyl adjacent to an activating group) is 2. The maximum atomic E-state index is 14.6. The van der Waals surface area contributed by atoms with Gasteiger partial charge >= 0.3 is 11.9 Å². The van der Waals surface area contributed by atoms with Crippen molar-refractivity contribution in [3.8, 4) is 5.75 Å². The number of aliphatic hydroxyl groups is 4. The summed E-state index contributed by atoms with van der Waals surface area (Å²) in [5, 5.41) is 58.0. The fourth-order valence-electron chi connectivity index (χ4n) is 11.9. The van der Waals surface area contributed by atoms with Gasteiger partial charge in [0.2, 0.25) is 5.43 Å². The quantitative estimate of drug-likeness (QED) is 0.0957. The molecule has 0 amide bonds. The van der Waals surface area contributed by atoms with Crippen LogP contribution in [-0.2, 0) is 55.7 Å². The molecule has 3 saturated heterocycles. The smallest absolute Gasteiger partial charge is 0.341 e. The van der Waals surface area contributed by atoms with Crippen molar-refractivity contribution < 1.29 is 77.8 Å². The number of carboxylic acids is 1. The Balaban J connectivity index is 1.21. The number of hydrogen-bond acceptors (Lipinski definition) is 18. The number of carboxylic acid groups (broad SMARTS) is 1. The van der Waals surface area contributed by atoms with Crippen molar-refractivity contribution in [2.75, 3.05) is 54.6 Å². The molecular formula is C55H87N3O17. The third kappa shape index (κ3) is 13.6. The van der Waals surface area contributed by atoms with Gasteiger partial charge in [0.05, 0.1) is 71.9 Å². The van der Waals surface area contributed by atoms with Gasteiger partial charge in [0, 0.05) is 44.3 Å². The second-order valence-corrected chi connectivity index (χ2v) is 22.7. The van der Waals surface area contributed by atoms with Crippen LogP contribution in [0.5, 0.6) is 5.75 Å². The first-order valence-corrected chi connectivity index (χ1v) is 26.6. The number of carbonyl (C=O) groups excluding carboxylic acids is 1. The molecule has 20 heteroatoms. The zero-order chi connectivity index (χ0) is 55.5. The normalized spacial score (nSPS) is 38.7. The highest BCUT2D eigenvalue weighted by atomic mass is 16.7. The highest BCUT2D eigenvalue weighted by Crippen LogP contribution is 2.41. The van der Waals surface area contributed by atoms with Crippen LogP contribution in [0.25, 0.3) is 10.9 Å². The van der Waals surface area contributed by atoms with E-state index in [1.54, 1.807) is 51.5 Å². The Hall–Kier alpha value is -3.77. The highest BCUT2D eigenvalue weighted by Gasteiger charge is 2.53. The maximum Gasteiger partial charge on any atom is 0.341 e. The second-order valence-electron chi connectivity index (χ2n) is 22.7. The van der Waals surface area contributed by atoms with E-state index in [9.17, 15) is 39.9 Å². The van der Waals surface area contributed by atoms with Gasteiger partial charge in [-0.05, 0) is 125 Å². The van der Waals surface area contributed by atoms with Gasteiger partial charge < -0.3 is 82.5 Å². The third-order valence-electron chi connectivity index (χ3n) is 16.2. The van der Waals surface area contributed by atoms with Crippen LogP contribution in [0.1, 0.15) is 111 Å². The van der Waals surface area contributed by atoms with Crippen LogP contribution in [0.2, 0.25) is 0 Å². The van der Waals surface area contributed by atoms with E-state index in [0.717, 1.165) is 5.56 Å². The highest BCUT2D eigenvalue weighted by molar-refractivity contribution is 5.94. The van der Waals surface area contributed by atoms with Gasteiger partial charge in [-0.2, -0.15) is 0 Å². The molecule has 424 valence electrons. The molecule has 4 aliphatic rings. The summed E-state index contributed by atoms with van der Waals surface area (Å²) in [4.78, 5) is 43.3. The van der Waals surface area contributed by atoms with Gasteiger partial charge in [-0.25, -0.2) is 4.79 Å². The molecule has 0 spiro atoms. The lowest BCUT2D eigenvalue weighted by molar-refractivity contribution is -0.321. The molecule has 1 aromatic carbocycles. The molecule has 0 radical (unpaired) electrons. The summed E-state index contributed by atoms with van der Waals surface area (Å²) in [5.41, 5.74) is -3.99. The average Bonchev–Trinajstić information content (AvgIpc) is 3.34. The van der Waals surface area contributed by atoms with Gasteiger partial charge in [0.15, 0.2) is 12.6 Å². The SMILES string of the molecule is CC[C@H]1OC(=O)[C@H](C)[C@@H](O[C@H]2C[C@@](C)(OC)[C@@H](OCCO/C=C/Cc3cc4c5c(c3)c(=O)c(C(=O)O)cn5CCO4)[C@H](C)O2)[C@H](C)[C@@H](O[C@@H]2O[C@H](C)C[C@H](N(C)C)[C@H]2O)[C@](C)(O)C[C@@H](C)CN(C)[C@H](C)[C@@H](O)[C@]1(C)O. The van der Waals surface area contributed by atoms with E-state index in [0.29, 0.717) is 43.8 Å². The van der Waals surface area contributed by atoms with Crippen molar-refractivity contribution in [1.82, 2.24) is 14.4 Å². The summed E-state index contributed by atoms with van der Waals surface area (Å²) in [6.45, 7) is 19.3. The van der Waals surface area contributed by atoms with E-state index in [4.69, 9.17) is 42.6 Å². The summed E-state index contributed by atoms with van der Waals surface area (Å²) in [7, 11) is 7.17. The van der Waals surface area contributed by atoms with E-state index in [2.05, 4.69) is 0 Å². The first kappa shape index (κ1) is 60.5. The first-order chi connectivity index (χ1) is 35.1. The van der Waals surface area contributed by atoms with Crippen LogP contribution in [0.15, 0.2) is 35.5 Å². The number of cyclic esters (lactones) is 1. The lowest BCUT2D eigenvalue weighted by atomic mass is 9.77. The number of benzene rings is 1. The predicted molar refractivity (Wildman–Crippen MR) is 277 cm³/mol. The molecule has 5 heterocycles. The molecule has 75 heavy (non-hydrogen) atoms. The van der Waals surface area contributed by atoms with Crippen LogP contribution in [0, 0.1) is 17.8 Å². The number of nitrogens with zero attached hydrogens (tertiary/aromatic N) is 3. The molecule has 0 unspecified atom stereocenters. The molecule has 1 aromatic heterocycles. The predicted octanol–water partition coefficient (Wildman–Crippen LogP) is 4.10. The number of aromatic nitrogens is 1. The molecule has 5 N–H and O–H groups in total. The molecule has 2 aromatic rings. The average molecular weight is 1060 g/mol. The summed E-state index contributed by atoms with van der Waals surface area (Å²) < 4.78 is 58.8. The fourth-order valence-corrected chi connectivity index (χ4v) is 11.9. The Morgan fingerprint density at radius 2 is 1.68 bits per heavy atom. The molecule has 0 aliphatic carbocycles. The van der Waals surface area contributed by atoms with Gasteiger partial charge in [-0.1, -0.05) is 20.8 Å². The van der Waals surface area contributed by atoms with Crippen LogP contribution >= 0.6 is 0 Å². The van der Waals surface area contributed by atoms with Crippen LogP contribution in [0.3, 0.4) is 0 Å². The number of pyridine rings is 1. The zero-order valence-electron chi connectivity index (χ0n) is 46.6. The second kappa shape index (κ2) is 24.9. The minimum atomic E-state index is -1.85. The van der Waals surface area contributed by atoms with E-state index in [-0.39, 0.29) is 61.5 Å². The fraction of sp³-hybridized carbons (Fsp3) is 0.764. The molecular weight excluding hydrogens is 975 g/mol. The number of ether oxygens (including phenoxy) is 9. The van der Waals surface area contributed by atoms with Crippen molar-refractivity contribution in [2.24, 2.45) is 17.8 Å². The molecule has 0 bridgehead atoms. The van der Waals surface area contributed by atoms with E-state index < -0.39 is 107 Å². The molecule has 4 aliphatic heterocycles. The Morgan fingerprint density at radius 1 is 0.973 bits per heavy atom. The van der Waals surface area contributed by atoms with Gasteiger partial charge in [-0.3, -0.25) is 9.59 Å². The number of carbonyl (C=O) groups is 2. The zero-order valence-corrected chi connectivity index (χ0v) is 46.6. The standard InChI is InChI=1S/C55H87N3O17/c1-15-41-55(10,66)47(61)34(6)57(13)28-30(2)26-53(8,65)48(75-52-45(60)39(56(11)12)23-31(3)71-52)32(4)46(33(5)51(64)73-41)74-42-27-54(9,67-14)49(35(7)72-42)70-22-21-68-19-16-17-36-24-37-43-40(25-36)69-20-18-58(43)29-38(44(37)59)50(62)63/h16,19,24-25,29-35,39,41-42,45-49,52,60-61,65-66H,15,17-18,20-23,26-28H2,1-14H3,(H,62,63)/b19-16+/t30-,31-,32+,33-,34-,35+,39+,41-,42+,45-,46+,47-,48-,49+,52+,53-,54-,55-/m1/s1. The number of hydrogen-bond donors (Lipinski definition) is 5. The lowest BCUT2D eigenvalue weighted by Crippen LogP contribution is -2.61. The number of aliphatic hydroxyl groups excluding tert-OH is 2. The molecule has 20 nitrogen and oxygen atoms in total. The molecule has 6 rings (SSSR count). The van der Waals surface area contributed by atoms with Crippen LogP contribution in [0.4, 0.5) is 0 Å². The number of methoxy groups -OCH3 is 1. The maximum absolute atomic E-state index is 14.6. The molecule has 18 atom stereocenters. The van der Waals surface area contributed by atoms with E-state index >= 15 is 0 Å². The largest absolute Gasteiger partial charge is 0.499 e. The number of allylic oxidation sites excluding steroid dienone is 1. The minimum absolute atomic E-state index is 0.148. The third-order valence-corrected chi connectivity index (χ3v) is 16.2. The first-order valence-electron chi connectivity index (χ1n) is 26.6. The lowest BCUT2D eigenvalue weighted by Gasteiger charge is -2.49. The molecule has 3 fully saturated rings. The summed E-state index contributed by atoms with van der Waals surface area (Å²) in [5.74, 6) is -3.53.